The van der Waals surface area contributed by atoms with Crippen LogP contribution >= 0.6 is 12.2 Å². The van der Waals surface area contributed by atoms with E-state index in [0.29, 0.717) is 12.6 Å². The molecule has 0 atom stereocenters. The molecule has 0 aliphatic heterocycles. The zero-order chi connectivity index (χ0) is 12.8. The third-order valence-electron chi connectivity index (χ3n) is 3.15. The molecule has 2 rings (SSSR count). The van der Waals surface area contributed by atoms with Crippen molar-refractivity contribution in [2.75, 3.05) is 0 Å². The van der Waals surface area contributed by atoms with Crippen molar-refractivity contribution >= 4 is 23.1 Å². The Morgan fingerprint density at radius 3 is 2.83 bits per heavy atom. The molecule has 1 aliphatic carbocycles. The van der Waals surface area contributed by atoms with Gasteiger partial charge in [0.1, 0.15) is 5.76 Å². The monoisotopic (exact) mass is 266 g/mol. The van der Waals surface area contributed by atoms with Crippen LogP contribution in [0.15, 0.2) is 22.8 Å². The molecular weight excluding hydrogens is 248 g/mol. The molecule has 0 aromatic carbocycles. The summed E-state index contributed by atoms with van der Waals surface area (Å²) in [5, 5.41) is 5.88. The molecule has 0 unspecified atom stereocenters. The molecule has 1 heterocycles. The maximum Gasteiger partial charge on any atom is 0.279 e. The van der Waals surface area contributed by atoms with E-state index in [1.807, 2.05) is 6.07 Å². The number of carbonyl (C=O) groups excluding carboxylic acids is 1. The van der Waals surface area contributed by atoms with Crippen molar-refractivity contribution in [3.8, 4) is 0 Å². The average molecular weight is 266 g/mol. The highest BCUT2D eigenvalue weighted by Crippen LogP contribution is 2.17. The third kappa shape index (κ3) is 3.84. The Balaban J connectivity index is 1.72. The maximum absolute atomic E-state index is 11.8. The number of rotatable bonds is 3. The lowest BCUT2D eigenvalue weighted by Gasteiger charge is -2.23. The number of hydrogen-bond acceptors (Lipinski definition) is 3. The molecule has 2 N–H and O–H groups in total. The topological polar surface area (TPSA) is 54.3 Å². The van der Waals surface area contributed by atoms with Crippen molar-refractivity contribution in [2.45, 2.75) is 44.7 Å². The maximum atomic E-state index is 11.8. The minimum atomic E-state index is -0.230. The van der Waals surface area contributed by atoms with Crippen LogP contribution in [0.3, 0.4) is 0 Å². The highest BCUT2D eigenvalue weighted by Gasteiger charge is 2.17. The van der Waals surface area contributed by atoms with Gasteiger partial charge in [-0.05, 0) is 25.0 Å². The Kier molecular flexibility index (Phi) is 4.75. The van der Waals surface area contributed by atoms with Crippen molar-refractivity contribution in [1.29, 1.82) is 0 Å². The molecular formula is C13H18N2O2S. The number of furan rings is 1. The molecule has 0 spiro atoms. The van der Waals surface area contributed by atoms with Gasteiger partial charge in [-0.15, -0.1) is 0 Å². The fourth-order valence-electron chi connectivity index (χ4n) is 2.16. The summed E-state index contributed by atoms with van der Waals surface area (Å²) in [6.45, 7) is 0.373. The molecule has 4 nitrogen and oxygen atoms in total. The summed E-state index contributed by atoms with van der Waals surface area (Å²) in [6.07, 6.45) is 7.51. The van der Waals surface area contributed by atoms with Gasteiger partial charge in [0.15, 0.2) is 4.99 Å². The van der Waals surface area contributed by atoms with Crippen LogP contribution < -0.4 is 10.6 Å². The highest BCUT2D eigenvalue weighted by molar-refractivity contribution is 7.82. The second-order valence-electron chi connectivity index (χ2n) is 4.57. The van der Waals surface area contributed by atoms with Gasteiger partial charge in [-0.2, -0.15) is 0 Å². The van der Waals surface area contributed by atoms with Crippen LogP contribution in [0.2, 0.25) is 0 Å². The van der Waals surface area contributed by atoms with E-state index in [0.717, 1.165) is 18.6 Å². The minimum Gasteiger partial charge on any atom is -0.467 e. The van der Waals surface area contributed by atoms with Crippen LogP contribution in [-0.2, 0) is 11.3 Å². The third-order valence-corrected chi connectivity index (χ3v) is 3.45. The summed E-state index contributed by atoms with van der Waals surface area (Å²) in [4.78, 5) is 12.0. The Morgan fingerprint density at radius 2 is 2.17 bits per heavy atom. The number of amides is 1. The second-order valence-corrected chi connectivity index (χ2v) is 4.98. The summed E-state index contributed by atoms with van der Waals surface area (Å²) in [7, 11) is 0. The van der Waals surface area contributed by atoms with Crippen LogP contribution in [-0.4, -0.2) is 16.9 Å². The smallest absolute Gasteiger partial charge is 0.279 e. The Bertz CT molecular complexity index is 397. The van der Waals surface area contributed by atoms with Gasteiger partial charge in [-0.1, -0.05) is 31.5 Å². The van der Waals surface area contributed by atoms with Gasteiger partial charge in [0.25, 0.3) is 5.91 Å². The van der Waals surface area contributed by atoms with Gasteiger partial charge < -0.3 is 15.1 Å². The second kappa shape index (κ2) is 6.54. The molecule has 0 bridgehead atoms. The van der Waals surface area contributed by atoms with Gasteiger partial charge in [0, 0.05) is 6.04 Å². The number of thiocarbonyl (C=S) groups is 1. The van der Waals surface area contributed by atoms with Crippen LogP contribution in [0.1, 0.15) is 37.9 Å². The fourth-order valence-corrected chi connectivity index (χ4v) is 2.40. The minimum absolute atomic E-state index is 0.230. The summed E-state index contributed by atoms with van der Waals surface area (Å²) in [5.41, 5.74) is 0. The normalized spacial score (nSPS) is 16.2. The Morgan fingerprint density at radius 1 is 1.39 bits per heavy atom. The lowest BCUT2D eigenvalue weighted by molar-refractivity contribution is -0.115. The quantitative estimate of drug-likeness (QED) is 0.823. The van der Waals surface area contributed by atoms with E-state index in [2.05, 4.69) is 10.6 Å². The van der Waals surface area contributed by atoms with E-state index in [1.54, 1.807) is 12.3 Å². The summed E-state index contributed by atoms with van der Waals surface area (Å²) < 4.78 is 5.14. The molecule has 1 aromatic heterocycles. The lowest BCUT2D eigenvalue weighted by Crippen LogP contribution is -2.43. The van der Waals surface area contributed by atoms with Crippen LogP contribution in [0.5, 0.6) is 0 Å². The molecule has 1 fully saturated rings. The summed E-state index contributed by atoms with van der Waals surface area (Å²) in [6, 6.07) is 3.97. The standard InChI is InChI=1S/C13H18N2O2S/c16-12(14-9-11-7-4-8-17-11)13(18)15-10-5-2-1-3-6-10/h4,7-8,10H,1-3,5-6,9H2,(H,14,16)(H,15,18). The van der Waals surface area contributed by atoms with Gasteiger partial charge in [-0.3, -0.25) is 4.79 Å². The molecule has 0 radical (unpaired) electrons. The molecule has 5 heteroatoms. The van der Waals surface area contributed by atoms with Gasteiger partial charge in [0.05, 0.1) is 12.8 Å². The Labute approximate surface area is 112 Å². The van der Waals surface area contributed by atoms with Crippen molar-refractivity contribution in [2.24, 2.45) is 0 Å². The van der Waals surface area contributed by atoms with E-state index >= 15 is 0 Å². The van der Waals surface area contributed by atoms with Crippen molar-refractivity contribution in [3.63, 3.8) is 0 Å². The predicted molar refractivity (Wildman–Crippen MR) is 73.2 cm³/mol. The number of carbonyl (C=O) groups is 1. The van der Waals surface area contributed by atoms with E-state index in [4.69, 9.17) is 16.6 Å². The molecule has 1 saturated carbocycles. The van der Waals surface area contributed by atoms with E-state index < -0.39 is 0 Å². The average Bonchev–Trinajstić information content (AvgIpc) is 2.90. The number of hydrogen-bond donors (Lipinski definition) is 2. The van der Waals surface area contributed by atoms with Crippen molar-refractivity contribution < 1.29 is 9.21 Å². The van der Waals surface area contributed by atoms with Crippen molar-refractivity contribution in [1.82, 2.24) is 10.6 Å². The van der Waals surface area contributed by atoms with Gasteiger partial charge in [0.2, 0.25) is 0 Å². The van der Waals surface area contributed by atoms with Crippen LogP contribution in [0.4, 0.5) is 0 Å². The molecule has 0 saturated heterocycles. The van der Waals surface area contributed by atoms with Crippen LogP contribution in [0, 0.1) is 0 Å². The molecule has 1 aromatic rings. The lowest BCUT2D eigenvalue weighted by atomic mass is 9.95. The summed E-state index contributed by atoms with van der Waals surface area (Å²) in [5.74, 6) is 0.496. The van der Waals surface area contributed by atoms with Gasteiger partial charge >= 0.3 is 0 Å². The van der Waals surface area contributed by atoms with Crippen LogP contribution in [0.25, 0.3) is 0 Å². The number of nitrogens with one attached hydrogen (secondary N) is 2. The zero-order valence-electron chi connectivity index (χ0n) is 10.3. The summed E-state index contributed by atoms with van der Waals surface area (Å²) >= 11 is 5.10. The largest absolute Gasteiger partial charge is 0.467 e. The van der Waals surface area contributed by atoms with Gasteiger partial charge in [-0.25, -0.2) is 0 Å². The highest BCUT2D eigenvalue weighted by atomic mass is 32.1. The SMILES string of the molecule is O=C(NCc1ccco1)C(=S)NC1CCCCC1. The first-order valence-electron chi connectivity index (χ1n) is 6.37. The fraction of sp³-hybridized carbons (Fsp3) is 0.538. The predicted octanol–water partition coefficient (Wildman–Crippen LogP) is 2.15. The Hall–Kier alpha value is -1.36. The first-order chi connectivity index (χ1) is 8.75. The molecule has 18 heavy (non-hydrogen) atoms. The van der Waals surface area contributed by atoms with Crippen molar-refractivity contribution in [3.05, 3.63) is 24.2 Å². The molecule has 1 aliphatic rings. The molecule has 98 valence electrons. The van der Waals surface area contributed by atoms with E-state index in [1.165, 1.54) is 19.3 Å². The first kappa shape index (κ1) is 13.1. The zero-order valence-corrected chi connectivity index (χ0v) is 11.1. The first-order valence-corrected chi connectivity index (χ1v) is 6.77. The molecule has 1 amide bonds. The van der Waals surface area contributed by atoms with E-state index in [-0.39, 0.29) is 10.9 Å². The van der Waals surface area contributed by atoms with E-state index in [9.17, 15) is 4.79 Å².